The molecular weight excluding hydrogens is 414 g/mol. The molecule has 1 fully saturated rings. The first-order valence-electron chi connectivity index (χ1n) is 11.3. The van der Waals surface area contributed by atoms with Gasteiger partial charge in [-0.05, 0) is 63.6 Å². The van der Waals surface area contributed by atoms with E-state index < -0.39 is 0 Å². The highest BCUT2D eigenvalue weighted by Crippen LogP contribution is 2.33. The summed E-state index contributed by atoms with van der Waals surface area (Å²) in [6.07, 6.45) is 4.66. The first kappa shape index (κ1) is 21.9. The number of halogens is 1. The molecular formula is C24H30ClN3O3. The number of hydrogen-bond donors (Lipinski definition) is 0. The van der Waals surface area contributed by atoms with Gasteiger partial charge in [0.05, 0.1) is 17.1 Å². The van der Waals surface area contributed by atoms with Gasteiger partial charge in [-0.2, -0.15) is 0 Å². The lowest BCUT2D eigenvalue weighted by molar-refractivity contribution is 0.0241. The molecule has 4 rings (SSSR count). The van der Waals surface area contributed by atoms with E-state index >= 15 is 0 Å². The second kappa shape index (κ2) is 9.03. The third-order valence-corrected chi connectivity index (χ3v) is 6.78. The topological polar surface area (TPSA) is 62.7 Å². The Hall–Kier alpha value is -2.34. The minimum atomic E-state index is -0.303. The molecule has 2 aliphatic rings. The summed E-state index contributed by atoms with van der Waals surface area (Å²) in [7, 11) is 0. The van der Waals surface area contributed by atoms with Gasteiger partial charge in [-0.1, -0.05) is 24.6 Å². The van der Waals surface area contributed by atoms with E-state index in [4.69, 9.17) is 21.3 Å². The highest BCUT2D eigenvalue weighted by molar-refractivity contribution is 6.36. The van der Waals surface area contributed by atoms with Crippen molar-refractivity contribution < 1.29 is 14.3 Å². The van der Waals surface area contributed by atoms with Crippen molar-refractivity contribution in [3.8, 4) is 0 Å². The highest BCUT2D eigenvalue weighted by Gasteiger charge is 2.35. The summed E-state index contributed by atoms with van der Waals surface area (Å²) in [6, 6.07) is 5.40. The second-order valence-corrected chi connectivity index (χ2v) is 9.09. The Labute approximate surface area is 188 Å². The fourth-order valence-corrected chi connectivity index (χ4v) is 4.97. The molecule has 166 valence electrons. The molecule has 2 unspecified atom stereocenters. The average Bonchev–Trinajstić information content (AvgIpc) is 2.78. The van der Waals surface area contributed by atoms with Crippen molar-refractivity contribution in [2.24, 2.45) is 0 Å². The van der Waals surface area contributed by atoms with Crippen LogP contribution in [0.25, 0.3) is 10.9 Å². The zero-order valence-corrected chi connectivity index (χ0v) is 19.2. The third-order valence-electron chi connectivity index (χ3n) is 6.35. The Morgan fingerprint density at radius 3 is 2.61 bits per heavy atom. The van der Waals surface area contributed by atoms with Crippen LogP contribution in [0.2, 0.25) is 5.02 Å². The zero-order valence-electron chi connectivity index (χ0n) is 18.5. The van der Waals surface area contributed by atoms with Crippen molar-refractivity contribution in [1.82, 2.24) is 14.8 Å². The molecule has 2 atom stereocenters. The molecule has 2 aromatic rings. The Balaban J connectivity index is 1.56. The van der Waals surface area contributed by atoms with Crippen LogP contribution in [0.4, 0.5) is 4.79 Å². The highest BCUT2D eigenvalue weighted by atomic mass is 35.5. The fourth-order valence-electron chi connectivity index (χ4n) is 4.60. The van der Waals surface area contributed by atoms with Gasteiger partial charge >= 0.3 is 6.09 Å². The van der Waals surface area contributed by atoms with E-state index in [0.29, 0.717) is 25.3 Å². The number of ether oxygens (including phenoxy) is 1. The van der Waals surface area contributed by atoms with Crippen molar-refractivity contribution in [1.29, 1.82) is 0 Å². The number of amides is 2. The normalized spacial score (nSPS) is 21.2. The first-order chi connectivity index (χ1) is 14.9. The van der Waals surface area contributed by atoms with Crippen molar-refractivity contribution in [2.45, 2.75) is 65.0 Å². The van der Waals surface area contributed by atoms with Crippen LogP contribution in [0.5, 0.6) is 0 Å². The van der Waals surface area contributed by atoms with Crippen LogP contribution in [-0.4, -0.2) is 58.6 Å². The molecule has 31 heavy (non-hydrogen) atoms. The molecule has 1 aliphatic heterocycles. The van der Waals surface area contributed by atoms with Crippen molar-refractivity contribution >= 4 is 34.5 Å². The van der Waals surface area contributed by atoms with Gasteiger partial charge in [-0.15, -0.1) is 0 Å². The molecule has 6 nitrogen and oxygen atoms in total. The Bertz CT molecular complexity index is 1010. The molecule has 1 saturated heterocycles. The maximum absolute atomic E-state index is 13.4. The molecule has 0 N–H and O–H groups in total. The van der Waals surface area contributed by atoms with Crippen LogP contribution in [0, 0.1) is 0 Å². The Morgan fingerprint density at radius 2 is 1.84 bits per heavy atom. The summed E-state index contributed by atoms with van der Waals surface area (Å²) >= 11 is 6.68. The Morgan fingerprint density at radius 1 is 1.13 bits per heavy atom. The number of pyridine rings is 1. The summed E-state index contributed by atoms with van der Waals surface area (Å²) < 4.78 is 5.30. The first-order valence-corrected chi connectivity index (χ1v) is 11.6. The predicted octanol–water partition coefficient (Wildman–Crippen LogP) is 4.85. The number of piperazine rings is 1. The van der Waals surface area contributed by atoms with Gasteiger partial charge in [0.25, 0.3) is 5.91 Å². The van der Waals surface area contributed by atoms with Crippen LogP contribution in [0.1, 0.15) is 61.6 Å². The maximum atomic E-state index is 13.4. The fraction of sp³-hybridized carbons (Fsp3) is 0.542. The van der Waals surface area contributed by atoms with Crippen LogP contribution < -0.4 is 0 Å². The SMILES string of the molecule is CCCOC(=O)N1CC(C)N(C(=O)c2ccc3c(Cl)c4c(nc3c2)CCCC4)CC1C. The molecule has 0 spiro atoms. The zero-order chi connectivity index (χ0) is 22.1. The van der Waals surface area contributed by atoms with Crippen molar-refractivity contribution in [3.05, 3.63) is 40.0 Å². The van der Waals surface area contributed by atoms with E-state index in [1.807, 2.05) is 43.9 Å². The minimum Gasteiger partial charge on any atom is -0.449 e. The quantitative estimate of drug-likeness (QED) is 0.680. The van der Waals surface area contributed by atoms with Gasteiger partial charge in [-0.3, -0.25) is 9.78 Å². The number of rotatable bonds is 3. The molecule has 0 bridgehead atoms. The summed E-state index contributed by atoms with van der Waals surface area (Å²) in [5.74, 6) is -0.0431. The van der Waals surface area contributed by atoms with Gasteiger partial charge in [0, 0.05) is 41.8 Å². The minimum absolute atomic E-state index is 0.0431. The number of carbonyl (C=O) groups is 2. The van der Waals surface area contributed by atoms with E-state index in [9.17, 15) is 9.59 Å². The summed E-state index contributed by atoms with van der Waals surface area (Å²) in [4.78, 5) is 34.1. The van der Waals surface area contributed by atoms with E-state index in [-0.39, 0.29) is 24.1 Å². The maximum Gasteiger partial charge on any atom is 0.410 e. The largest absolute Gasteiger partial charge is 0.449 e. The molecule has 0 radical (unpaired) electrons. The smallest absolute Gasteiger partial charge is 0.410 e. The van der Waals surface area contributed by atoms with E-state index in [2.05, 4.69) is 0 Å². The summed E-state index contributed by atoms with van der Waals surface area (Å²) in [5.41, 5.74) is 3.61. The lowest BCUT2D eigenvalue weighted by Gasteiger charge is -2.43. The molecule has 1 aromatic carbocycles. The number of benzene rings is 1. The number of nitrogens with zero attached hydrogens (tertiary/aromatic N) is 3. The standard InChI is InChI=1S/C24H30ClN3O3/c1-4-11-31-24(30)28-14-15(2)27(13-16(28)3)23(29)17-9-10-19-21(12-17)26-20-8-6-5-7-18(20)22(19)25/h9-10,12,15-16H,4-8,11,13-14H2,1-3H3. The lowest BCUT2D eigenvalue weighted by Crippen LogP contribution is -2.59. The van der Waals surface area contributed by atoms with E-state index in [1.54, 1.807) is 4.90 Å². The number of hydrogen-bond acceptors (Lipinski definition) is 4. The van der Waals surface area contributed by atoms with Crippen molar-refractivity contribution in [3.63, 3.8) is 0 Å². The molecule has 2 amide bonds. The predicted molar refractivity (Wildman–Crippen MR) is 122 cm³/mol. The molecule has 0 saturated carbocycles. The number of aryl methyl sites for hydroxylation is 1. The van der Waals surface area contributed by atoms with Crippen LogP contribution in [0.3, 0.4) is 0 Å². The van der Waals surface area contributed by atoms with Gasteiger partial charge in [0.2, 0.25) is 0 Å². The van der Waals surface area contributed by atoms with Crippen molar-refractivity contribution in [2.75, 3.05) is 19.7 Å². The van der Waals surface area contributed by atoms with Crippen LogP contribution >= 0.6 is 11.6 Å². The second-order valence-electron chi connectivity index (χ2n) is 8.71. The van der Waals surface area contributed by atoms with Gasteiger partial charge < -0.3 is 14.5 Å². The number of aromatic nitrogens is 1. The molecule has 1 aliphatic carbocycles. The number of fused-ring (bicyclic) bond motifs is 2. The van der Waals surface area contributed by atoms with E-state index in [1.165, 1.54) is 0 Å². The van der Waals surface area contributed by atoms with Gasteiger partial charge in [0.15, 0.2) is 0 Å². The Kier molecular flexibility index (Phi) is 6.37. The summed E-state index contributed by atoms with van der Waals surface area (Å²) in [5, 5.41) is 1.68. The number of carbonyl (C=O) groups excluding carboxylic acids is 2. The lowest BCUT2D eigenvalue weighted by atomic mass is 9.94. The van der Waals surface area contributed by atoms with Crippen LogP contribution in [0.15, 0.2) is 18.2 Å². The molecule has 7 heteroatoms. The third kappa shape index (κ3) is 4.22. The van der Waals surface area contributed by atoms with Gasteiger partial charge in [-0.25, -0.2) is 4.79 Å². The monoisotopic (exact) mass is 443 g/mol. The molecule has 1 aromatic heterocycles. The van der Waals surface area contributed by atoms with E-state index in [0.717, 1.165) is 59.3 Å². The summed E-state index contributed by atoms with van der Waals surface area (Å²) in [6.45, 7) is 7.23. The van der Waals surface area contributed by atoms with Gasteiger partial charge in [0.1, 0.15) is 0 Å². The average molecular weight is 444 g/mol. The van der Waals surface area contributed by atoms with Crippen LogP contribution in [-0.2, 0) is 17.6 Å². The molecule has 2 heterocycles.